The molecule has 10 heteroatoms. The van der Waals surface area contributed by atoms with Gasteiger partial charge >= 0.3 is 11.9 Å². The Bertz CT molecular complexity index is 1440. The maximum atomic E-state index is 12.9. The molecule has 9 nitrogen and oxygen atoms in total. The fourth-order valence-electron chi connectivity index (χ4n) is 11.7. The van der Waals surface area contributed by atoms with E-state index in [2.05, 4.69) is 26.0 Å². The second-order valence-electron chi connectivity index (χ2n) is 27.4. The van der Waals surface area contributed by atoms with Crippen LogP contribution in [0.3, 0.4) is 0 Å². The minimum absolute atomic E-state index is 0.0267. The van der Waals surface area contributed by atoms with Crippen LogP contribution in [0.4, 0.5) is 0 Å². The standard InChI is InChI=1S/C75H148NO8P/c1-6-8-10-12-14-16-18-20-22-24-26-28-30-31-32-33-34-35-36-37-38-39-40-41-42-43-44-46-47-49-51-53-55-57-59-61-63-65-67-74(77)81-71-73(72-83-85(79,80)82-70-69-76(3,4)5)84-75(78)68-66-64-62-60-58-56-54-52-50-48-45-29-27-25-23-21-19-17-15-13-11-9-7-2/h25,27,73H,6-24,26,28-72H2,1-5H3/b27-25-. The van der Waals surface area contributed by atoms with E-state index in [1.54, 1.807) is 0 Å². The molecule has 0 aromatic rings. The molecule has 0 aliphatic rings. The monoisotopic (exact) mass is 1220 g/mol. The molecule has 0 aliphatic carbocycles. The van der Waals surface area contributed by atoms with Gasteiger partial charge in [0.1, 0.15) is 19.8 Å². The highest BCUT2D eigenvalue weighted by Crippen LogP contribution is 2.38. The van der Waals surface area contributed by atoms with E-state index in [1.165, 1.54) is 334 Å². The first-order chi connectivity index (χ1) is 41.5. The predicted octanol–water partition coefficient (Wildman–Crippen LogP) is 24.0. The number of quaternary nitrogens is 1. The number of allylic oxidation sites excluding steroid dienone is 2. The minimum Gasteiger partial charge on any atom is -0.756 e. The lowest BCUT2D eigenvalue weighted by Crippen LogP contribution is -2.37. The van der Waals surface area contributed by atoms with Gasteiger partial charge in [0.25, 0.3) is 7.82 Å². The van der Waals surface area contributed by atoms with Crippen molar-refractivity contribution in [3.05, 3.63) is 12.2 Å². The van der Waals surface area contributed by atoms with Crippen LogP contribution in [-0.4, -0.2) is 70.0 Å². The van der Waals surface area contributed by atoms with Crippen molar-refractivity contribution in [2.24, 2.45) is 0 Å². The smallest absolute Gasteiger partial charge is 0.306 e. The number of hydrogen-bond acceptors (Lipinski definition) is 8. The second-order valence-corrected chi connectivity index (χ2v) is 28.8. The number of unbranched alkanes of at least 4 members (excludes halogenated alkanes) is 56. The van der Waals surface area contributed by atoms with E-state index in [4.69, 9.17) is 18.5 Å². The summed E-state index contributed by atoms with van der Waals surface area (Å²) in [5.74, 6) is -0.809. The van der Waals surface area contributed by atoms with Gasteiger partial charge in [0.2, 0.25) is 0 Å². The van der Waals surface area contributed by atoms with Crippen LogP contribution in [0.25, 0.3) is 0 Å². The Morgan fingerprint density at radius 3 is 0.871 bits per heavy atom. The fraction of sp³-hybridized carbons (Fsp3) is 0.947. The molecule has 0 bridgehead atoms. The van der Waals surface area contributed by atoms with Gasteiger partial charge in [-0.05, 0) is 38.5 Å². The first-order valence-corrected chi connectivity index (χ1v) is 39.4. The molecular formula is C75H148NO8P. The van der Waals surface area contributed by atoms with Crippen molar-refractivity contribution < 1.29 is 42.1 Å². The zero-order valence-electron chi connectivity index (χ0n) is 57.9. The Labute approximate surface area is 530 Å². The van der Waals surface area contributed by atoms with Crippen LogP contribution in [-0.2, 0) is 32.7 Å². The summed E-state index contributed by atoms with van der Waals surface area (Å²) in [6.07, 6.45) is 83.3. The van der Waals surface area contributed by atoms with Crippen LogP contribution in [0.2, 0.25) is 0 Å². The van der Waals surface area contributed by atoms with E-state index in [0.29, 0.717) is 17.4 Å². The Hall–Kier alpha value is -1.25. The zero-order chi connectivity index (χ0) is 61.9. The molecule has 85 heavy (non-hydrogen) atoms. The molecule has 0 rings (SSSR count). The van der Waals surface area contributed by atoms with Crippen LogP contribution in [0.5, 0.6) is 0 Å². The second kappa shape index (κ2) is 67.2. The maximum absolute atomic E-state index is 12.9. The predicted molar refractivity (Wildman–Crippen MR) is 365 cm³/mol. The normalized spacial score (nSPS) is 13.1. The van der Waals surface area contributed by atoms with Gasteiger partial charge in [0.15, 0.2) is 6.10 Å². The fourth-order valence-corrected chi connectivity index (χ4v) is 12.4. The van der Waals surface area contributed by atoms with Crippen molar-refractivity contribution in [2.75, 3.05) is 47.5 Å². The summed E-state index contributed by atoms with van der Waals surface area (Å²) in [5.41, 5.74) is 0. The summed E-state index contributed by atoms with van der Waals surface area (Å²) < 4.78 is 34.4. The van der Waals surface area contributed by atoms with Crippen LogP contribution >= 0.6 is 7.82 Å². The first kappa shape index (κ1) is 83.8. The van der Waals surface area contributed by atoms with Crippen molar-refractivity contribution in [3.8, 4) is 0 Å². The zero-order valence-corrected chi connectivity index (χ0v) is 58.7. The summed E-state index contributed by atoms with van der Waals surface area (Å²) in [5, 5.41) is 0. The van der Waals surface area contributed by atoms with Gasteiger partial charge in [0, 0.05) is 12.8 Å². The Balaban J connectivity index is 3.88. The number of likely N-dealkylation sites (N-methyl/N-ethyl adjacent to an activating group) is 1. The van der Waals surface area contributed by atoms with Crippen LogP contribution in [0.15, 0.2) is 12.2 Å². The minimum atomic E-state index is -4.64. The molecule has 2 unspecified atom stereocenters. The molecule has 0 aliphatic heterocycles. The number of phosphoric ester groups is 1. The maximum Gasteiger partial charge on any atom is 0.306 e. The molecule has 0 saturated carbocycles. The number of rotatable bonds is 72. The van der Waals surface area contributed by atoms with Crippen LogP contribution in [0.1, 0.15) is 406 Å². The number of hydrogen-bond donors (Lipinski definition) is 0. The van der Waals surface area contributed by atoms with Gasteiger partial charge in [-0.25, -0.2) is 0 Å². The van der Waals surface area contributed by atoms with Crippen molar-refractivity contribution in [2.45, 2.75) is 412 Å². The Morgan fingerprint density at radius 2 is 0.600 bits per heavy atom. The third kappa shape index (κ3) is 71.7. The van der Waals surface area contributed by atoms with E-state index >= 15 is 0 Å². The van der Waals surface area contributed by atoms with E-state index in [-0.39, 0.29) is 32.0 Å². The largest absolute Gasteiger partial charge is 0.756 e. The van der Waals surface area contributed by atoms with Gasteiger partial charge in [-0.3, -0.25) is 14.2 Å². The average molecular weight is 1220 g/mol. The number of ether oxygens (including phenoxy) is 2. The molecule has 0 saturated heterocycles. The van der Waals surface area contributed by atoms with Crippen LogP contribution < -0.4 is 4.89 Å². The topological polar surface area (TPSA) is 111 Å². The molecule has 2 atom stereocenters. The van der Waals surface area contributed by atoms with E-state index in [1.807, 2.05) is 21.1 Å². The van der Waals surface area contributed by atoms with E-state index in [0.717, 1.165) is 38.5 Å². The Morgan fingerprint density at radius 1 is 0.353 bits per heavy atom. The molecule has 0 heterocycles. The molecule has 0 fully saturated rings. The molecule has 0 spiro atoms. The summed E-state index contributed by atoms with van der Waals surface area (Å²) in [7, 11) is 1.19. The SMILES string of the molecule is CCCCCCCCCC/C=C\CCCCCCCCCCCCCC(=O)OC(COC(=O)CCCCCCCCCCCCCCCCCCCCCCCCCCCCCCCCCCCCCCCC)COP(=O)([O-])OCC[N+](C)(C)C. The molecule has 506 valence electrons. The highest BCUT2D eigenvalue weighted by Gasteiger charge is 2.22. The number of phosphoric acid groups is 1. The van der Waals surface area contributed by atoms with Crippen LogP contribution in [0, 0.1) is 0 Å². The number of esters is 2. The van der Waals surface area contributed by atoms with Gasteiger partial charge in [0.05, 0.1) is 27.7 Å². The third-order valence-corrected chi connectivity index (χ3v) is 18.5. The van der Waals surface area contributed by atoms with Crippen molar-refractivity contribution >= 4 is 19.8 Å². The highest BCUT2D eigenvalue weighted by atomic mass is 31.2. The van der Waals surface area contributed by atoms with Crippen molar-refractivity contribution in [1.29, 1.82) is 0 Å². The molecular weight excluding hydrogens is 1070 g/mol. The lowest BCUT2D eigenvalue weighted by Gasteiger charge is -2.28. The van der Waals surface area contributed by atoms with Gasteiger partial charge in [-0.1, -0.05) is 366 Å². The molecule has 0 radical (unpaired) electrons. The summed E-state index contributed by atoms with van der Waals surface area (Å²) in [6.45, 7) is 4.32. The highest BCUT2D eigenvalue weighted by molar-refractivity contribution is 7.45. The Kier molecular flexibility index (Phi) is 66.2. The first-order valence-electron chi connectivity index (χ1n) is 37.9. The number of nitrogens with zero attached hydrogens (tertiary/aromatic N) is 1. The lowest BCUT2D eigenvalue weighted by molar-refractivity contribution is -0.870. The van der Waals surface area contributed by atoms with Gasteiger partial charge < -0.3 is 27.9 Å². The van der Waals surface area contributed by atoms with Gasteiger partial charge in [-0.2, -0.15) is 0 Å². The average Bonchev–Trinajstić information content (AvgIpc) is 3.50. The van der Waals surface area contributed by atoms with Crippen molar-refractivity contribution in [1.82, 2.24) is 0 Å². The molecule has 0 amide bonds. The van der Waals surface area contributed by atoms with E-state index in [9.17, 15) is 19.0 Å². The molecule has 0 N–H and O–H groups in total. The summed E-state index contributed by atoms with van der Waals surface area (Å²) in [4.78, 5) is 38.1. The van der Waals surface area contributed by atoms with Gasteiger partial charge in [-0.15, -0.1) is 0 Å². The summed E-state index contributed by atoms with van der Waals surface area (Å²) >= 11 is 0. The third-order valence-electron chi connectivity index (χ3n) is 17.5. The summed E-state index contributed by atoms with van der Waals surface area (Å²) in [6, 6.07) is 0. The number of carbonyl (C=O) groups is 2. The van der Waals surface area contributed by atoms with Crippen molar-refractivity contribution in [3.63, 3.8) is 0 Å². The number of carbonyl (C=O) groups excluding carboxylic acids is 2. The molecule has 0 aromatic carbocycles. The molecule has 0 aromatic heterocycles. The quantitative estimate of drug-likeness (QED) is 0.0195. The lowest BCUT2D eigenvalue weighted by atomic mass is 10.0. The van der Waals surface area contributed by atoms with E-state index < -0.39 is 26.5 Å².